The van der Waals surface area contributed by atoms with Crippen LogP contribution in [0.5, 0.6) is 0 Å². The molecule has 0 saturated carbocycles. The van der Waals surface area contributed by atoms with E-state index < -0.39 is 23.7 Å². The Morgan fingerprint density at radius 1 is 0.872 bits per heavy atom. The van der Waals surface area contributed by atoms with Crippen LogP contribution in [-0.2, 0) is 41.7 Å². The Kier molecular flexibility index (Phi) is 9.33. The zero-order valence-corrected chi connectivity index (χ0v) is 25.4. The van der Waals surface area contributed by atoms with Crippen molar-refractivity contribution in [3.05, 3.63) is 155 Å². The van der Waals surface area contributed by atoms with Crippen LogP contribution in [0, 0.1) is 0 Å². The minimum atomic E-state index is -4.46. The molecule has 4 aromatic carbocycles. The summed E-state index contributed by atoms with van der Waals surface area (Å²) in [7, 11) is 0. The largest absolute Gasteiger partial charge is 0.444 e. The lowest BCUT2D eigenvalue weighted by Gasteiger charge is -2.37. The molecule has 2 amide bonds. The van der Waals surface area contributed by atoms with E-state index in [4.69, 9.17) is 4.42 Å². The van der Waals surface area contributed by atoms with E-state index in [1.807, 2.05) is 77.7 Å². The van der Waals surface area contributed by atoms with E-state index in [0.717, 1.165) is 34.4 Å². The molecular weight excluding hydrogens is 603 g/mol. The van der Waals surface area contributed by atoms with Crippen molar-refractivity contribution in [2.24, 2.45) is 0 Å². The van der Waals surface area contributed by atoms with Gasteiger partial charge in [0.2, 0.25) is 11.8 Å². The van der Waals surface area contributed by atoms with Crippen molar-refractivity contribution in [2.75, 3.05) is 6.54 Å². The molecule has 238 valence electrons. The van der Waals surface area contributed by atoms with Gasteiger partial charge in [-0.1, -0.05) is 91.0 Å². The van der Waals surface area contributed by atoms with E-state index in [1.54, 1.807) is 11.1 Å². The van der Waals surface area contributed by atoms with E-state index in [2.05, 4.69) is 11.1 Å². The number of fused-ring (bicyclic) bond motifs is 1. The molecule has 6 nitrogen and oxygen atoms in total. The van der Waals surface area contributed by atoms with Crippen LogP contribution < -0.4 is 0 Å². The molecule has 1 aromatic heterocycles. The number of oxazole rings is 1. The second-order valence-electron chi connectivity index (χ2n) is 11.5. The fourth-order valence-corrected chi connectivity index (χ4v) is 5.78. The molecule has 47 heavy (non-hydrogen) atoms. The van der Waals surface area contributed by atoms with Crippen molar-refractivity contribution >= 4 is 17.9 Å². The number of alkyl halides is 3. The smallest absolute Gasteiger partial charge is 0.416 e. The van der Waals surface area contributed by atoms with Gasteiger partial charge in [-0.15, -0.1) is 0 Å². The highest BCUT2D eigenvalue weighted by atomic mass is 19.4. The molecule has 0 radical (unpaired) electrons. The third-order valence-electron chi connectivity index (χ3n) is 8.34. The predicted octanol–water partition coefficient (Wildman–Crippen LogP) is 7.60. The zero-order chi connectivity index (χ0) is 32.8. The van der Waals surface area contributed by atoms with Gasteiger partial charge in [-0.2, -0.15) is 13.2 Å². The van der Waals surface area contributed by atoms with Gasteiger partial charge in [-0.3, -0.25) is 9.59 Å². The topological polar surface area (TPSA) is 66.7 Å². The maximum Gasteiger partial charge on any atom is 0.416 e. The molecule has 6 rings (SSSR count). The molecule has 0 N–H and O–H groups in total. The van der Waals surface area contributed by atoms with Crippen molar-refractivity contribution in [2.45, 2.75) is 38.1 Å². The standard InChI is InChI=1S/C38H32F3N3O3/c39-38(40,41)33-17-12-27(13-18-33)14-19-36(45)44(24-29-10-15-31(16-11-29)35-23-42-26-47-35)34(22-28-6-2-1-3-7-28)37(46)43-21-20-30-8-4-5-9-32(30)25-43/h1-19,23,26,34H,20-22,24-25H2/b19-14+/t34-/m0/s1. The lowest BCUT2D eigenvalue weighted by Crippen LogP contribution is -2.52. The first kappa shape index (κ1) is 31.5. The van der Waals surface area contributed by atoms with E-state index >= 15 is 0 Å². The lowest BCUT2D eigenvalue weighted by molar-refractivity contribution is -0.144. The van der Waals surface area contributed by atoms with E-state index in [0.29, 0.717) is 30.8 Å². The molecule has 1 aliphatic heterocycles. The summed E-state index contributed by atoms with van der Waals surface area (Å²) in [5.41, 5.74) is 4.45. The van der Waals surface area contributed by atoms with Crippen molar-refractivity contribution in [3.63, 3.8) is 0 Å². The number of halogens is 3. The zero-order valence-electron chi connectivity index (χ0n) is 25.4. The first-order chi connectivity index (χ1) is 22.7. The third kappa shape index (κ3) is 7.69. The third-order valence-corrected chi connectivity index (χ3v) is 8.34. The van der Waals surface area contributed by atoms with Crippen LogP contribution in [0.4, 0.5) is 13.2 Å². The number of carbonyl (C=O) groups excluding carboxylic acids is 2. The van der Waals surface area contributed by atoms with Gasteiger partial charge in [-0.25, -0.2) is 4.98 Å². The molecule has 0 saturated heterocycles. The molecule has 0 fully saturated rings. The normalized spacial score (nSPS) is 13.7. The van der Waals surface area contributed by atoms with Crippen LogP contribution in [0.1, 0.15) is 33.4 Å². The summed E-state index contributed by atoms with van der Waals surface area (Å²) >= 11 is 0. The summed E-state index contributed by atoms with van der Waals surface area (Å²) in [6.45, 7) is 1.09. The highest BCUT2D eigenvalue weighted by Crippen LogP contribution is 2.29. The Labute approximate surface area is 270 Å². The molecule has 1 atom stereocenters. The summed E-state index contributed by atoms with van der Waals surface area (Å²) in [5.74, 6) is 0.000264. The van der Waals surface area contributed by atoms with Crippen molar-refractivity contribution in [3.8, 4) is 11.3 Å². The van der Waals surface area contributed by atoms with E-state index in [-0.39, 0.29) is 18.9 Å². The summed E-state index contributed by atoms with van der Waals surface area (Å²) in [6.07, 6.45) is 2.30. The van der Waals surface area contributed by atoms with Gasteiger partial charge >= 0.3 is 6.18 Å². The van der Waals surface area contributed by atoms with Crippen LogP contribution in [0.2, 0.25) is 0 Å². The maximum atomic E-state index is 14.4. The molecule has 1 aliphatic rings. The fraction of sp³-hybridized carbons (Fsp3) is 0.184. The number of hydrogen-bond donors (Lipinski definition) is 0. The molecule has 0 aliphatic carbocycles. The van der Waals surface area contributed by atoms with Crippen molar-refractivity contribution in [1.29, 1.82) is 0 Å². The van der Waals surface area contributed by atoms with E-state index in [9.17, 15) is 22.8 Å². The van der Waals surface area contributed by atoms with Crippen LogP contribution in [0.3, 0.4) is 0 Å². The monoisotopic (exact) mass is 635 g/mol. The van der Waals surface area contributed by atoms with Crippen molar-refractivity contribution in [1.82, 2.24) is 14.8 Å². The number of nitrogens with zero attached hydrogens (tertiary/aromatic N) is 3. The minimum Gasteiger partial charge on any atom is -0.444 e. The van der Waals surface area contributed by atoms with Gasteiger partial charge in [0.15, 0.2) is 12.2 Å². The maximum absolute atomic E-state index is 14.4. The van der Waals surface area contributed by atoms with Gasteiger partial charge in [0, 0.05) is 37.7 Å². The van der Waals surface area contributed by atoms with Gasteiger partial charge in [-0.05, 0) is 52.4 Å². The quantitative estimate of drug-likeness (QED) is 0.157. The summed E-state index contributed by atoms with van der Waals surface area (Å²) < 4.78 is 44.7. The fourth-order valence-electron chi connectivity index (χ4n) is 5.78. The SMILES string of the molecule is O=C([C@H](Cc1ccccc1)N(Cc1ccc(-c2cnco2)cc1)C(=O)/C=C/c1ccc(C(F)(F)F)cc1)N1CCc2ccccc2C1. The predicted molar refractivity (Wildman–Crippen MR) is 172 cm³/mol. The number of rotatable bonds is 9. The summed E-state index contributed by atoms with van der Waals surface area (Å²) in [4.78, 5) is 35.9. The molecule has 5 aromatic rings. The molecular formula is C38H32F3N3O3. The number of hydrogen-bond acceptors (Lipinski definition) is 4. The molecule has 0 unspecified atom stereocenters. The van der Waals surface area contributed by atoms with Gasteiger partial charge in [0.25, 0.3) is 0 Å². The number of carbonyl (C=O) groups is 2. The van der Waals surface area contributed by atoms with Crippen LogP contribution >= 0.6 is 0 Å². The Morgan fingerprint density at radius 3 is 2.26 bits per heavy atom. The Balaban J connectivity index is 1.33. The Bertz CT molecular complexity index is 1840. The average molecular weight is 636 g/mol. The van der Waals surface area contributed by atoms with E-state index in [1.165, 1.54) is 36.2 Å². The Morgan fingerprint density at radius 2 is 1.57 bits per heavy atom. The van der Waals surface area contributed by atoms with Gasteiger partial charge in [0.05, 0.1) is 11.8 Å². The van der Waals surface area contributed by atoms with Crippen LogP contribution in [0.25, 0.3) is 17.4 Å². The first-order valence-corrected chi connectivity index (χ1v) is 15.3. The first-order valence-electron chi connectivity index (χ1n) is 15.3. The molecule has 2 heterocycles. The second-order valence-corrected chi connectivity index (χ2v) is 11.5. The number of aromatic nitrogens is 1. The highest BCUT2D eigenvalue weighted by molar-refractivity contribution is 5.96. The van der Waals surface area contributed by atoms with Crippen LogP contribution in [0.15, 0.2) is 126 Å². The second kappa shape index (κ2) is 13.9. The van der Waals surface area contributed by atoms with Gasteiger partial charge in [0.1, 0.15) is 6.04 Å². The average Bonchev–Trinajstić information content (AvgIpc) is 3.64. The van der Waals surface area contributed by atoms with Gasteiger partial charge < -0.3 is 14.2 Å². The van der Waals surface area contributed by atoms with Crippen molar-refractivity contribution < 1.29 is 27.2 Å². The summed E-state index contributed by atoms with van der Waals surface area (Å²) in [5, 5.41) is 0. The Hall–Kier alpha value is -5.44. The van der Waals surface area contributed by atoms with Crippen LogP contribution in [-0.4, -0.2) is 39.2 Å². The highest BCUT2D eigenvalue weighted by Gasteiger charge is 2.34. The number of benzene rings is 4. The minimum absolute atomic E-state index is 0.126. The molecule has 0 bridgehead atoms. The molecule has 9 heteroatoms. The molecule has 0 spiro atoms. The summed E-state index contributed by atoms with van der Waals surface area (Å²) in [6, 6.07) is 28.8. The number of amides is 2. The lowest BCUT2D eigenvalue weighted by atomic mass is 9.97.